The second kappa shape index (κ2) is 6.55. The quantitative estimate of drug-likeness (QED) is 0.305. The third-order valence-corrected chi connectivity index (χ3v) is 2.07. The van der Waals surface area contributed by atoms with Gasteiger partial charge in [-0.05, 0) is 24.3 Å². The Balaban J connectivity index is 2.57. The molecule has 0 radical (unpaired) electrons. The number of carbonyl (C=O) groups excluding carboxylic acids is 1. The highest BCUT2D eigenvalue weighted by Crippen LogP contribution is 2.20. The Hall–Kier alpha value is -2.01. The van der Waals surface area contributed by atoms with Crippen molar-refractivity contribution in [3.05, 3.63) is 29.8 Å². The highest BCUT2D eigenvalue weighted by molar-refractivity contribution is 5.92. The van der Waals surface area contributed by atoms with Crippen molar-refractivity contribution in [2.24, 2.45) is 0 Å². The summed E-state index contributed by atoms with van der Waals surface area (Å²) >= 11 is 0. The molecule has 0 unspecified atom stereocenters. The number of hydrogen-bond donors (Lipinski definition) is 3. The average Bonchev–Trinajstić information content (AvgIpc) is 2.31. The lowest BCUT2D eigenvalue weighted by Gasteiger charge is -2.01. The summed E-state index contributed by atoms with van der Waals surface area (Å²) < 4.78 is 4.79. The molecule has 92 valence electrons. The largest absolute Gasteiger partial charge is 0.507 e. The molecule has 0 fully saturated rings. The zero-order chi connectivity index (χ0) is 12.7. The molecule has 0 aliphatic heterocycles. The standard InChI is InChI=1S/C12H16N2O3/c1-17-7-6-14-12(16)5-2-9-8-10(13)3-4-11(9)15/h2-5,8,15H,6-7,13H2,1H3,(H,14,16). The van der Waals surface area contributed by atoms with Crippen molar-refractivity contribution in [1.82, 2.24) is 5.32 Å². The number of benzene rings is 1. The van der Waals surface area contributed by atoms with E-state index in [1.165, 1.54) is 18.2 Å². The summed E-state index contributed by atoms with van der Waals surface area (Å²) in [4.78, 5) is 11.3. The molecule has 0 saturated heterocycles. The van der Waals surface area contributed by atoms with E-state index in [4.69, 9.17) is 10.5 Å². The Kier molecular flexibility index (Phi) is 5.03. The van der Waals surface area contributed by atoms with Gasteiger partial charge in [0.25, 0.3) is 0 Å². The maximum atomic E-state index is 11.3. The number of aromatic hydroxyl groups is 1. The molecule has 1 aromatic rings. The minimum Gasteiger partial charge on any atom is -0.507 e. The number of methoxy groups -OCH3 is 1. The van der Waals surface area contributed by atoms with E-state index in [9.17, 15) is 9.90 Å². The molecule has 0 spiro atoms. The molecule has 17 heavy (non-hydrogen) atoms. The molecule has 1 aromatic carbocycles. The van der Waals surface area contributed by atoms with Crippen LogP contribution in [0.3, 0.4) is 0 Å². The molecular formula is C12H16N2O3. The molecule has 1 amide bonds. The van der Waals surface area contributed by atoms with Crippen LogP contribution in [0.1, 0.15) is 5.56 Å². The summed E-state index contributed by atoms with van der Waals surface area (Å²) in [6.07, 6.45) is 2.85. The molecule has 5 nitrogen and oxygen atoms in total. The third kappa shape index (κ3) is 4.56. The maximum absolute atomic E-state index is 11.3. The molecule has 0 heterocycles. The summed E-state index contributed by atoms with van der Waals surface area (Å²) in [6, 6.07) is 4.66. The van der Waals surface area contributed by atoms with Crippen LogP contribution in [0, 0.1) is 0 Å². The number of nitrogens with one attached hydrogen (secondary N) is 1. The molecule has 4 N–H and O–H groups in total. The lowest BCUT2D eigenvalue weighted by molar-refractivity contribution is -0.116. The van der Waals surface area contributed by atoms with Crippen LogP contribution in [-0.4, -0.2) is 31.3 Å². The Morgan fingerprint density at radius 3 is 3.06 bits per heavy atom. The van der Waals surface area contributed by atoms with Crippen molar-refractivity contribution >= 4 is 17.7 Å². The van der Waals surface area contributed by atoms with E-state index in [0.717, 1.165) is 0 Å². The molecule has 5 heteroatoms. The average molecular weight is 236 g/mol. The van der Waals surface area contributed by atoms with Gasteiger partial charge in [0.15, 0.2) is 0 Å². The van der Waals surface area contributed by atoms with Gasteiger partial charge in [0.05, 0.1) is 6.61 Å². The third-order valence-electron chi connectivity index (χ3n) is 2.07. The van der Waals surface area contributed by atoms with Gasteiger partial charge in [0, 0.05) is 31.0 Å². The van der Waals surface area contributed by atoms with Gasteiger partial charge in [0.2, 0.25) is 5.91 Å². The van der Waals surface area contributed by atoms with Crippen molar-refractivity contribution in [3.63, 3.8) is 0 Å². The molecule has 0 aliphatic rings. The Bertz CT molecular complexity index is 416. The first-order chi connectivity index (χ1) is 8.13. The second-order valence-corrected chi connectivity index (χ2v) is 3.44. The Morgan fingerprint density at radius 1 is 1.59 bits per heavy atom. The molecule has 0 aromatic heterocycles. The number of phenols is 1. The molecule has 1 rings (SSSR count). The number of hydrogen-bond acceptors (Lipinski definition) is 4. The number of nitrogen functional groups attached to an aromatic ring is 1. The van der Waals surface area contributed by atoms with Gasteiger partial charge in [-0.15, -0.1) is 0 Å². The zero-order valence-electron chi connectivity index (χ0n) is 9.64. The first-order valence-corrected chi connectivity index (χ1v) is 5.17. The van der Waals surface area contributed by atoms with Crippen LogP contribution in [0.15, 0.2) is 24.3 Å². The predicted octanol–water partition coefficient (Wildman–Crippen LogP) is 0.750. The highest BCUT2D eigenvalue weighted by atomic mass is 16.5. The number of ether oxygens (including phenoxy) is 1. The second-order valence-electron chi connectivity index (χ2n) is 3.44. The van der Waals surface area contributed by atoms with E-state index in [2.05, 4.69) is 5.32 Å². The number of amides is 1. The van der Waals surface area contributed by atoms with Gasteiger partial charge in [-0.2, -0.15) is 0 Å². The SMILES string of the molecule is COCCNC(=O)C=Cc1cc(N)ccc1O. The van der Waals surface area contributed by atoms with E-state index in [1.807, 2.05) is 0 Å². The van der Waals surface area contributed by atoms with E-state index < -0.39 is 0 Å². The van der Waals surface area contributed by atoms with Crippen molar-refractivity contribution < 1.29 is 14.6 Å². The first kappa shape index (κ1) is 13.1. The van der Waals surface area contributed by atoms with Gasteiger partial charge < -0.3 is 20.9 Å². The highest BCUT2D eigenvalue weighted by Gasteiger charge is 1.99. The maximum Gasteiger partial charge on any atom is 0.244 e. The number of anilines is 1. The summed E-state index contributed by atoms with van der Waals surface area (Å²) in [6.45, 7) is 0.908. The number of carbonyl (C=O) groups is 1. The number of phenolic OH excluding ortho intramolecular Hbond substituents is 1. The van der Waals surface area contributed by atoms with Crippen molar-refractivity contribution in [3.8, 4) is 5.75 Å². The molecule has 0 atom stereocenters. The van der Waals surface area contributed by atoms with Crippen molar-refractivity contribution in [2.45, 2.75) is 0 Å². The van der Waals surface area contributed by atoms with E-state index in [-0.39, 0.29) is 11.7 Å². The molecule has 0 saturated carbocycles. The van der Waals surface area contributed by atoms with Gasteiger partial charge in [0.1, 0.15) is 5.75 Å². The monoisotopic (exact) mass is 236 g/mol. The van der Waals surface area contributed by atoms with E-state index >= 15 is 0 Å². The number of rotatable bonds is 5. The Labute approximate surface area is 99.9 Å². The minimum absolute atomic E-state index is 0.0835. The topological polar surface area (TPSA) is 84.6 Å². The van der Waals surface area contributed by atoms with Crippen LogP contribution >= 0.6 is 0 Å². The van der Waals surface area contributed by atoms with Crippen molar-refractivity contribution in [2.75, 3.05) is 26.0 Å². The molecule has 0 aliphatic carbocycles. The van der Waals surface area contributed by atoms with Crippen LogP contribution < -0.4 is 11.1 Å². The summed E-state index contributed by atoms with van der Waals surface area (Å²) in [5, 5.41) is 12.1. The minimum atomic E-state index is -0.246. The number of nitrogens with two attached hydrogens (primary N) is 1. The van der Waals surface area contributed by atoms with Crippen LogP contribution in [0.25, 0.3) is 6.08 Å². The predicted molar refractivity (Wildman–Crippen MR) is 66.4 cm³/mol. The fourth-order valence-electron chi connectivity index (χ4n) is 1.21. The van der Waals surface area contributed by atoms with E-state index in [0.29, 0.717) is 24.4 Å². The summed E-state index contributed by atoms with van der Waals surface area (Å²) in [5.41, 5.74) is 6.61. The normalized spacial score (nSPS) is 10.6. The zero-order valence-corrected chi connectivity index (χ0v) is 9.64. The summed E-state index contributed by atoms with van der Waals surface area (Å²) in [5.74, 6) is -0.163. The van der Waals surface area contributed by atoms with Gasteiger partial charge >= 0.3 is 0 Å². The van der Waals surface area contributed by atoms with E-state index in [1.54, 1.807) is 19.2 Å². The first-order valence-electron chi connectivity index (χ1n) is 5.17. The van der Waals surface area contributed by atoms with Gasteiger partial charge in [-0.25, -0.2) is 0 Å². The van der Waals surface area contributed by atoms with Crippen LogP contribution in [0.2, 0.25) is 0 Å². The fraction of sp³-hybridized carbons (Fsp3) is 0.250. The lowest BCUT2D eigenvalue weighted by atomic mass is 10.1. The van der Waals surface area contributed by atoms with Crippen LogP contribution in [-0.2, 0) is 9.53 Å². The van der Waals surface area contributed by atoms with Crippen LogP contribution in [0.5, 0.6) is 5.75 Å². The van der Waals surface area contributed by atoms with Gasteiger partial charge in [-0.1, -0.05) is 0 Å². The molecule has 0 bridgehead atoms. The summed E-state index contributed by atoms with van der Waals surface area (Å²) in [7, 11) is 1.56. The van der Waals surface area contributed by atoms with Crippen molar-refractivity contribution in [1.29, 1.82) is 0 Å². The molecular weight excluding hydrogens is 220 g/mol. The van der Waals surface area contributed by atoms with Crippen LogP contribution in [0.4, 0.5) is 5.69 Å². The fourth-order valence-corrected chi connectivity index (χ4v) is 1.21. The Morgan fingerprint density at radius 2 is 2.35 bits per heavy atom. The lowest BCUT2D eigenvalue weighted by Crippen LogP contribution is -2.24. The smallest absolute Gasteiger partial charge is 0.244 e. The van der Waals surface area contributed by atoms with Gasteiger partial charge in [-0.3, -0.25) is 4.79 Å².